The van der Waals surface area contributed by atoms with Crippen LogP contribution >= 0.6 is 23.2 Å². The van der Waals surface area contributed by atoms with Crippen molar-refractivity contribution in [1.82, 2.24) is 25.3 Å². The number of benzene rings is 1. The minimum absolute atomic E-state index is 0.109. The van der Waals surface area contributed by atoms with E-state index in [1.165, 1.54) is 11.6 Å². The van der Waals surface area contributed by atoms with Gasteiger partial charge in [-0.1, -0.05) is 37.0 Å². The molecule has 9 heteroatoms. The zero-order chi connectivity index (χ0) is 22.4. The summed E-state index contributed by atoms with van der Waals surface area (Å²) >= 11 is 12.3. The molecule has 1 amide bonds. The normalized spacial score (nSPS) is 11.0. The van der Waals surface area contributed by atoms with E-state index in [2.05, 4.69) is 29.4 Å². The molecule has 0 atom stereocenters. The Balaban J connectivity index is 1.67. The van der Waals surface area contributed by atoms with E-state index in [4.69, 9.17) is 28.3 Å². The summed E-state index contributed by atoms with van der Waals surface area (Å²) in [4.78, 5) is 23.2. The fourth-order valence-electron chi connectivity index (χ4n) is 3.57. The quantitative estimate of drug-likeness (QED) is 0.510. The molecule has 1 aromatic carbocycles. The number of halogens is 2. The maximum absolute atomic E-state index is 12.2. The number of carbonyl (C=O) groups is 1. The van der Waals surface area contributed by atoms with Crippen molar-refractivity contribution in [3.8, 4) is 0 Å². The van der Waals surface area contributed by atoms with Gasteiger partial charge in [0.2, 0.25) is 5.91 Å². The standard InChI is InChI=1S/C22H25Cl2N5O2/c1-3-19-18(11-14-9-15(23)12-16(24)10-14)20(4-2)29(28-19)8-7-25-22(31)13-17-5-6-21(30)27-26-17/h5-6,9-10,12H,3-4,7-8,11,13H2,1-2H3,(H,25,31)(H,27,30). The molecule has 2 heterocycles. The smallest absolute Gasteiger partial charge is 0.264 e. The molecule has 0 spiro atoms. The average Bonchev–Trinajstić information content (AvgIpc) is 3.05. The Morgan fingerprint density at radius 2 is 1.87 bits per heavy atom. The number of H-pyrrole nitrogens is 1. The first-order valence-corrected chi connectivity index (χ1v) is 11.0. The first kappa shape index (κ1) is 23.0. The molecule has 0 aliphatic heterocycles. The highest BCUT2D eigenvalue weighted by atomic mass is 35.5. The Kier molecular flexibility index (Phi) is 7.87. The maximum Gasteiger partial charge on any atom is 0.264 e. The SMILES string of the molecule is CCc1nn(CCNC(=O)Cc2ccc(=O)[nH]n2)c(CC)c1Cc1cc(Cl)cc(Cl)c1. The number of nitrogens with zero attached hydrogens (tertiary/aromatic N) is 3. The summed E-state index contributed by atoms with van der Waals surface area (Å²) < 4.78 is 1.97. The van der Waals surface area contributed by atoms with E-state index < -0.39 is 0 Å². The molecule has 0 aliphatic rings. The van der Waals surface area contributed by atoms with Crippen LogP contribution in [0.15, 0.2) is 35.1 Å². The maximum atomic E-state index is 12.2. The number of hydrogen-bond donors (Lipinski definition) is 2. The van der Waals surface area contributed by atoms with Crippen molar-refractivity contribution in [1.29, 1.82) is 0 Å². The van der Waals surface area contributed by atoms with Crippen LogP contribution in [0.3, 0.4) is 0 Å². The molecule has 3 rings (SSSR count). The summed E-state index contributed by atoms with van der Waals surface area (Å²) in [6.45, 7) is 5.20. The molecule has 0 saturated carbocycles. The van der Waals surface area contributed by atoms with Gasteiger partial charge in [-0.2, -0.15) is 10.2 Å². The Bertz CT molecular complexity index is 1080. The predicted molar refractivity (Wildman–Crippen MR) is 122 cm³/mol. The van der Waals surface area contributed by atoms with Gasteiger partial charge in [-0.15, -0.1) is 0 Å². The van der Waals surface area contributed by atoms with Crippen LogP contribution in [0.4, 0.5) is 0 Å². The van der Waals surface area contributed by atoms with Gasteiger partial charge in [0, 0.05) is 40.3 Å². The molecule has 0 saturated heterocycles. The van der Waals surface area contributed by atoms with Gasteiger partial charge in [0.25, 0.3) is 5.56 Å². The molecule has 0 fully saturated rings. The first-order valence-electron chi connectivity index (χ1n) is 10.2. The van der Waals surface area contributed by atoms with Crippen LogP contribution in [0.5, 0.6) is 0 Å². The summed E-state index contributed by atoms with van der Waals surface area (Å²) in [6, 6.07) is 8.48. The Morgan fingerprint density at radius 1 is 1.13 bits per heavy atom. The van der Waals surface area contributed by atoms with Crippen molar-refractivity contribution in [2.24, 2.45) is 0 Å². The van der Waals surface area contributed by atoms with E-state index in [1.807, 2.05) is 16.8 Å². The minimum atomic E-state index is -0.294. The summed E-state index contributed by atoms with van der Waals surface area (Å²) in [5.41, 5.74) is 4.63. The van der Waals surface area contributed by atoms with Crippen LogP contribution in [0.1, 0.15) is 42.1 Å². The van der Waals surface area contributed by atoms with Gasteiger partial charge in [-0.05, 0) is 42.7 Å². The third kappa shape index (κ3) is 6.18. The first-order chi connectivity index (χ1) is 14.9. The van der Waals surface area contributed by atoms with Gasteiger partial charge >= 0.3 is 0 Å². The van der Waals surface area contributed by atoms with Crippen LogP contribution in [0.2, 0.25) is 10.0 Å². The zero-order valence-corrected chi connectivity index (χ0v) is 19.1. The molecular formula is C22H25Cl2N5O2. The number of aryl methyl sites for hydroxylation is 1. The van der Waals surface area contributed by atoms with E-state index in [1.54, 1.807) is 12.1 Å². The number of hydrogen-bond acceptors (Lipinski definition) is 4. The predicted octanol–water partition coefficient (Wildman–Crippen LogP) is 3.35. The zero-order valence-electron chi connectivity index (χ0n) is 17.5. The van der Waals surface area contributed by atoms with E-state index in [0.717, 1.165) is 29.8 Å². The lowest BCUT2D eigenvalue weighted by Crippen LogP contribution is -2.29. The molecule has 7 nitrogen and oxygen atoms in total. The number of nitrogens with one attached hydrogen (secondary N) is 2. The van der Waals surface area contributed by atoms with Gasteiger partial charge in [0.15, 0.2) is 0 Å². The van der Waals surface area contributed by atoms with E-state index in [0.29, 0.717) is 35.2 Å². The highest BCUT2D eigenvalue weighted by Crippen LogP contribution is 2.25. The second-order valence-corrected chi connectivity index (χ2v) is 8.07. The lowest BCUT2D eigenvalue weighted by atomic mass is 10.0. The van der Waals surface area contributed by atoms with Crippen LogP contribution in [-0.4, -0.2) is 32.4 Å². The number of aromatic amines is 1. The largest absolute Gasteiger partial charge is 0.354 e. The summed E-state index contributed by atoms with van der Waals surface area (Å²) in [5, 5.41) is 15.1. The highest BCUT2D eigenvalue weighted by Gasteiger charge is 2.16. The van der Waals surface area contributed by atoms with Crippen molar-refractivity contribution in [3.63, 3.8) is 0 Å². The summed E-state index contributed by atoms with van der Waals surface area (Å²) in [7, 11) is 0. The lowest BCUT2D eigenvalue weighted by molar-refractivity contribution is -0.120. The molecule has 0 aliphatic carbocycles. The number of amides is 1. The van der Waals surface area contributed by atoms with Gasteiger partial charge in [-0.25, -0.2) is 5.10 Å². The van der Waals surface area contributed by atoms with E-state index in [-0.39, 0.29) is 17.9 Å². The molecule has 164 valence electrons. The second kappa shape index (κ2) is 10.6. The highest BCUT2D eigenvalue weighted by molar-refractivity contribution is 6.34. The Hall–Kier alpha value is -2.64. The Morgan fingerprint density at radius 3 is 2.48 bits per heavy atom. The summed E-state index contributed by atoms with van der Waals surface area (Å²) in [5.74, 6) is -0.158. The minimum Gasteiger partial charge on any atom is -0.354 e. The van der Waals surface area contributed by atoms with Crippen LogP contribution < -0.4 is 10.9 Å². The average molecular weight is 462 g/mol. The molecule has 2 N–H and O–H groups in total. The monoisotopic (exact) mass is 461 g/mol. The second-order valence-electron chi connectivity index (χ2n) is 7.20. The van der Waals surface area contributed by atoms with Gasteiger partial charge in [0.1, 0.15) is 0 Å². The van der Waals surface area contributed by atoms with E-state index >= 15 is 0 Å². The van der Waals surface area contributed by atoms with Gasteiger partial charge in [0.05, 0.1) is 24.4 Å². The van der Waals surface area contributed by atoms with Crippen molar-refractivity contribution >= 4 is 29.1 Å². The molecule has 0 radical (unpaired) electrons. The van der Waals surface area contributed by atoms with Crippen molar-refractivity contribution in [2.75, 3.05) is 6.54 Å². The molecule has 3 aromatic rings. The van der Waals surface area contributed by atoms with Crippen molar-refractivity contribution in [2.45, 2.75) is 46.1 Å². The van der Waals surface area contributed by atoms with Crippen LogP contribution in [0.25, 0.3) is 0 Å². The lowest BCUT2D eigenvalue weighted by Gasteiger charge is -2.10. The third-order valence-corrected chi connectivity index (χ3v) is 5.38. The van der Waals surface area contributed by atoms with Crippen LogP contribution in [-0.2, 0) is 37.0 Å². The molecule has 31 heavy (non-hydrogen) atoms. The van der Waals surface area contributed by atoms with E-state index in [9.17, 15) is 9.59 Å². The van der Waals surface area contributed by atoms with Crippen molar-refractivity contribution in [3.05, 3.63) is 78.9 Å². The van der Waals surface area contributed by atoms with Crippen LogP contribution in [0, 0.1) is 0 Å². The summed E-state index contributed by atoms with van der Waals surface area (Å²) in [6.07, 6.45) is 2.45. The van der Waals surface area contributed by atoms with Gasteiger partial charge in [-0.3, -0.25) is 14.3 Å². The van der Waals surface area contributed by atoms with Gasteiger partial charge < -0.3 is 5.32 Å². The number of carbonyl (C=O) groups excluding carboxylic acids is 1. The molecule has 0 bridgehead atoms. The fraction of sp³-hybridized carbons (Fsp3) is 0.364. The van der Waals surface area contributed by atoms with Crippen molar-refractivity contribution < 1.29 is 4.79 Å². The number of rotatable bonds is 9. The number of aromatic nitrogens is 4. The topological polar surface area (TPSA) is 92.7 Å². The Labute approximate surface area is 190 Å². The molecule has 0 unspecified atom stereocenters. The molecule has 2 aromatic heterocycles. The molecular weight excluding hydrogens is 437 g/mol. The third-order valence-electron chi connectivity index (χ3n) is 4.95. The fourth-order valence-corrected chi connectivity index (χ4v) is 4.15.